The molecule has 0 spiro atoms. The number of ketones is 5. The van der Waals surface area contributed by atoms with Gasteiger partial charge in [0, 0.05) is 148 Å². The first-order chi connectivity index (χ1) is 59.3. The zero-order valence-electron chi connectivity index (χ0n) is 72.4. The second kappa shape index (κ2) is 63.7. The highest BCUT2D eigenvalue weighted by Gasteiger charge is 2.32. The minimum absolute atomic E-state index is 0. The maximum absolute atomic E-state index is 13.5. The Hall–Kier alpha value is -7.30. The first kappa shape index (κ1) is 118. The van der Waals surface area contributed by atoms with E-state index in [-0.39, 0.29) is 179 Å². The Labute approximate surface area is 746 Å². The van der Waals surface area contributed by atoms with E-state index in [0.717, 1.165) is 44.0 Å². The van der Waals surface area contributed by atoms with Crippen molar-refractivity contribution in [3.8, 4) is 5.75 Å². The lowest BCUT2D eigenvalue weighted by Crippen LogP contribution is -2.52. The number of sulfonamides is 1. The van der Waals surface area contributed by atoms with Crippen molar-refractivity contribution in [2.75, 3.05) is 188 Å². The van der Waals surface area contributed by atoms with Gasteiger partial charge in [0.05, 0.1) is 63.9 Å². The summed E-state index contributed by atoms with van der Waals surface area (Å²) < 4.78 is 100. The molecule has 4 amide bonds. The van der Waals surface area contributed by atoms with Gasteiger partial charge in [0.1, 0.15) is 52.7 Å². The summed E-state index contributed by atoms with van der Waals surface area (Å²) >= 11 is 0. The maximum Gasteiger partial charge on any atom is 0.323 e. The molecule has 3 heterocycles. The number of carboxylic acid groups (broad SMARTS) is 4. The molecule has 47 nitrogen and oxygen atoms in total. The summed E-state index contributed by atoms with van der Waals surface area (Å²) in [5, 5.41) is 77.6. The van der Waals surface area contributed by atoms with Gasteiger partial charge in [-0.25, -0.2) is 18.9 Å². The minimum atomic E-state index is -4.79. The number of benzene rings is 1. The van der Waals surface area contributed by atoms with Crippen LogP contribution in [0.2, 0.25) is 0 Å². The second-order valence-corrected chi connectivity index (χ2v) is 34.7. The lowest BCUT2D eigenvalue weighted by atomic mass is 9.95. The molecule has 2 aliphatic heterocycles. The van der Waals surface area contributed by atoms with Gasteiger partial charge >= 0.3 is 23.9 Å². The summed E-state index contributed by atoms with van der Waals surface area (Å²) in [6.07, 6.45) is 6.24. The monoisotopic (exact) mass is 1930 g/mol. The van der Waals surface area contributed by atoms with Gasteiger partial charge in [0.2, 0.25) is 33.7 Å². The zero-order chi connectivity index (χ0) is 94.7. The quantitative estimate of drug-likeness (QED) is 0.0108. The van der Waals surface area contributed by atoms with Crippen LogP contribution in [-0.2, 0) is 137 Å². The molecule has 2 saturated heterocycles. The fraction of sp³-hybridized carbons (Fsp3) is 0.676. The standard InChI is InChI=1S/C51H77N9O18S2.C23H41N5O8S.H2O7.H4P2.H3P/c1-35-27-39(28-36(2)50(35)80(76,77)56-41(51(71)72)29-53-45(63)13-6-4-10-38-16-15-37-9-3-5-11-40(37)54-38)78-26-8-14-44(62)52-17-7-12-43(61)42(34-79(73,74)75)55-46(64)30-57-18-20-58(31-47(65)66)22-24-60(33-49(69)70)25-23-59(21-19-57)32-48(67)68;1-18(29)13-25-5-7-26(14-19(2)30)9-11-28(12-10-27(8-6-25)15-20(3)31)16-23(33)24-22(21(4)32)17-37(34,35)36;1-3-5-7-6-4-2;1-2;/h15-16,27-28,41-42,56H,3-14,17-26,29-34H2,1-2H3,(H,52,62)(H,53,63)(H,55,64)(H,65,66)(H,67,68)(H,69,70)(H,71,72)(H,73,74,75);22H,5-17H2,1-4H3,(H,24,33)(H,34,35,36);1-2H;1-2H2;1H3/t41?,42-;22-;;;/m00.../s1. The molecule has 1 aromatic carbocycles. The Kier molecular flexibility index (Phi) is 59.0. The normalized spacial score (nSPS) is 16.3. The van der Waals surface area contributed by atoms with Gasteiger partial charge in [-0.3, -0.25) is 116 Å². The Bertz CT molecular complexity index is 4120. The molecule has 0 bridgehead atoms. The Balaban J connectivity index is 0.00000142. The van der Waals surface area contributed by atoms with Gasteiger partial charge in [-0.15, -0.1) is 17.9 Å². The molecule has 724 valence electrons. The zero-order valence-corrected chi connectivity index (χ0v) is 78.6. The van der Waals surface area contributed by atoms with Crippen molar-refractivity contribution in [3.63, 3.8) is 0 Å². The second-order valence-electron chi connectivity index (χ2n) is 30.1. The van der Waals surface area contributed by atoms with Crippen LogP contribution in [-0.4, -0.2) is 392 Å². The molecule has 1 aliphatic carbocycles. The third-order valence-electron chi connectivity index (χ3n) is 19.3. The third-order valence-corrected chi connectivity index (χ3v) is 22.6. The van der Waals surface area contributed by atoms with E-state index < -0.39 is 145 Å². The van der Waals surface area contributed by atoms with E-state index >= 15 is 0 Å². The van der Waals surface area contributed by atoms with Gasteiger partial charge in [-0.05, 0) is 159 Å². The molecule has 127 heavy (non-hydrogen) atoms. The number of hydrogen-bond acceptors (Lipinski definition) is 36. The predicted molar refractivity (Wildman–Crippen MR) is 466 cm³/mol. The van der Waals surface area contributed by atoms with Gasteiger partial charge in [0.15, 0.2) is 11.6 Å². The van der Waals surface area contributed by atoms with Crippen molar-refractivity contribution >= 4 is 134 Å². The number of nitrogens with zero attached hydrogens (tertiary/aromatic N) is 9. The number of rotatable bonds is 48. The SMILES string of the molecule is CC(=O)CN1CCN(CC(C)=O)CCN(CC(=O)N[C@@H](CS(=O)(=O)O)C(C)=O)CCN(CC(C)=O)CC1.Cc1cc(OCCCC(=O)NCCCC(=O)[C@H](CS(=O)(=O)O)NC(=O)CN2CCN(CC(=O)O)CCN(CC(=O)O)CCN(CC(=O)O)CC2)cc(C)c1S(=O)(=O)NC(CNC(=O)CCCCc1ccc2c(n1)CCCC2)C(=O)O.OOOOOOO.P.PP. The molecular weight excluding hydrogens is 1800 g/mol. The largest absolute Gasteiger partial charge is 0.494 e. The van der Waals surface area contributed by atoms with Crippen molar-refractivity contribution < 1.29 is 158 Å². The predicted octanol–water partition coefficient (Wildman–Crippen LogP) is -2.37. The first-order valence-electron chi connectivity index (χ1n) is 40.2. The first-order valence-corrected chi connectivity index (χ1v) is 47.6. The number of fused-ring (bicyclic) bond motifs is 1. The molecule has 0 radical (unpaired) electrons. The van der Waals surface area contributed by atoms with Crippen molar-refractivity contribution in [2.45, 2.75) is 142 Å². The summed E-state index contributed by atoms with van der Waals surface area (Å²) in [6, 6.07) is 2.32. The fourth-order valence-electron chi connectivity index (χ4n) is 13.4. The smallest absolute Gasteiger partial charge is 0.323 e. The van der Waals surface area contributed by atoms with Gasteiger partial charge in [0.25, 0.3) is 20.2 Å². The van der Waals surface area contributed by atoms with Crippen LogP contribution < -0.4 is 30.7 Å². The molecule has 1 aromatic heterocycles. The van der Waals surface area contributed by atoms with E-state index in [1.54, 1.807) is 19.6 Å². The lowest BCUT2D eigenvalue weighted by molar-refractivity contribution is -0.784. The summed E-state index contributed by atoms with van der Waals surface area (Å²) in [7, 11) is -9.01. The van der Waals surface area contributed by atoms with Crippen LogP contribution in [0.1, 0.15) is 114 Å². The van der Waals surface area contributed by atoms with Crippen molar-refractivity contribution in [2.24, 2.45) is 0 Å². The maximum atomic E-state index is 13.5. The number of unbranched alkanes of at least 4 members (excludes halogenated alkanes) is 1. The van der Waals surface area contributed by atoms with E-state index in [0.29, 0.717) is 71.6 Å². The summed E-state index contributed by atoms with van der Waals surface area (Å²) in [5.74, 6) is -10.3. The Morgan fingerprint density at radius 3 is 1.25 bits per heavy atom. The molecule has 5 rings (SSSR count). The number of carboxylic acids is 4. The molecule has 2 fully saturated rings. The number of nitrogens with one attached hydrogen (secondary N) is 5. The summed E-state index contributed by atoms with van der Waals surface area (Å²) in [5.41, 5.74) is 3.88. The highest BCUT2D eigenvalue weighted by Crippen LogP contribution is 2.27. The van der Waals surface area contributed by atoms with Crippen LogP contribution in [0.25, 0.3) is 0 Å². The van der Waals surface area contributed by atoms with Crippen molar-refractivity contribution in [1.29, 1.82) is 0 Å². The third kappa shape index (κ3) is 54.8. The summed E-state index contributed by atoms with van der Waals surface area (Å²) in [6.45, 7) is 11.9. The molecular formula is C74H127N14O33P3S3. The van der Waals surface area contributed by atoms with Gasteiger partial charge < -0.3 is 46.4 Å². The highest BCUT2D eigenvalue weighted by atomic mass is 32.2. The van der Waals surface area contributed by atoms with E-state index in [1.807, 2.05) is 25.7 Å². The summed E-state index contributed by atoms with van der Waals surface area (Å²) in [4.78, 5) is 177. The number of carbonyl (C=O) groups is 13. The minimum Gasteiger partial charge on any atom is -0.494 e. The number of ether oxygens (including phenoxy) is 1. The fourth-order valence-corrected chi connectivity index (χ4v) is 16.5. The number of aliphatic carboxylic acids is 4. The molecule has 13 N–H and O–H groups in total. The van der Waals surface area contributed by atoms with Crippen LogP contribution in [0.5, 0.6) is 5.75 Å². The highest BCUT2D eigenvalue weighted by molar-refractivity contribution is 7.92. The number of Topliss-reactive ketones (excluding diaryl/α,β-unsaturated/α-hetero) is 5. The van der Waals surface area contributed by atoms with Crippen molar-refractivity contribution in [3.05, 3.63) is 52.3 Å². The number of pyridine rings is 1. The van der Waals surface area contributed by atoms with Crippen molar-refractivity contribution in [1.82, 2.24) is 70.2 Å². The number of aryl methyl sites for hydroxylation is 5. The van der Waals surface area contributed by atoms with E-state index in [9.17, 15) is 113 Å². The van der Waals surface area contributed by atoms with Crippen LogP contribution in [0.3, 0.4) is 0 Å². The van der Waals surface area contributed by atoms with Crippen LogP contribution in [0.4, 0.5) is 0 Å². The Morgan fingerprint density at radius 2 is 0.858 bits per heavy atom. The molecule has 3 aliphatic rings. The molecule has 0 saturated carbocycles. The molecule has 2 aromatic rings. The molecule has 53 heteroatoms. The average Bonchev–Trinajstić information content (AvgIpc) is 0.789. The molecule has 4 unspecified atom stereocenters. The number of carbonyl (C=O) groups excluding carboxylic acids is 9. The van der Waals surface area contributed by atoms with E-state index in [4.69, 9.17) is 24.8 Å². The lowest BCUT2D eigenvalue weighted by Gasteiger charge is -2.33. The van der Waals surface area contributed by atoms with E-state index in [2.05, 4.69) is 75.1 Å². The molecule has 6 atom stereocenters. The van der Waals surface area contributed by atoms with Crippen LogP contribution in [0.15, 0.2) is 29.2 Å². The topological polar surface area (TPSA) is 641 Å². The number of hydrogen-bond donors (Lipinski definition) is 13. The van der Waals surface area contributed by atoms with E-state index in [1.165, 1.54) is 52.3 Å². The van der Waals surface area contributed by atoms with Crippen LogP contribution >= 0.6 is 27.8 Å². The van der Waals surface area contributed by atoms with Gasteiger partial charge in [-0.1, -0.05) is 6.07 Å². The number of amides is 4. The van der Waals surface area contributed by atoms with Gasteiger partial charge in [-0.2, -0.15) is 31.5 Å². The Morgan fingerprint density at radius 1 is 0.472 bits per heavy atom. The number of aromatic nitrogens is 1. The van der Waals surface area contributed by atoms with Crippen LogP contribution in [0, 0.1) is 13.8 Å². The average molecular weight is 1930 g/mol.